The number of rotatable bonds is 11. The van der Waals surface area contributed by atoms with Crippen molar-refractivity contribution in [3.8, 4) is 5.75 Å². The molecule has 1 N–H and O–H groups in total. The third-order valence-electron chi connectivity index (χ3n) is 6.11. The molecule has 0 aliphatic heterocycles. The highest BCUT2D eigenvalue weighted by Gasteiger charge is 2.34. The molecule has 0 saturated heterocycles. The maximum Gasteiger partial charge on any atom is 0.244 e. The monoisotopic (exact) mass is 619 g/mol. The van der Waals surface area contributed by atoms with Gasteiger partial charge in [0.05, 0.1) is 24.1 Å². The van der Waals surface area contributed by atoms with Crippen LogP contribution in [0.2, 0.25) is 10.0 Å². The lowest BCUT2D eigenvalue weighted by atomic mass is 10.0. The largest absolute Gasteiger partial charge is 0.497 e. The number of carbonyl (C=O) groups is 2. The van der Waals surface area contributed by atoms with E-state index in [1.54, 1.807) is 18.2 Å². The highest BCUT2D eigenvalue weighted by atomic mass is 35.5. The molecule has 11 heteroatoms. The molecule has 3 aromatic rings. The van der Waals surface area contributed by atoms with Gasteiger partial charge in [0.15, 0.2) is 0 Å². The zero-order chi connectivity index (χ0) is 30.4. The molecule has 1 atom stereocenters. The van der Waals surface area contributed by atoms with Gasteiger partial charge in [-0.05, 0) is 62.2 Å². The van der Waals surface area contributed by atoms with Crippen molar-refractivity contribution in [3.63, 3.8) is 0 Å². The van der Waals surface area contributed by atoms with Gasteiger partial charge < -0.3 is 15.0 Å². The third-order valence-corrected chi connectivity index (χ3v) is 7.78. The van der Waals surface area contributed by atoms with Crippen molar-refractivity contribution in [2.24, 2.45) is 0 Å². The second kappa shape index (κ2) is 13.6. The fraction of sp³-hybridized carbons (Fsp3) is 0.333. The van der Waals surface area contributed by atoms with Gasteiger partial charge in [-0.15, -0.1) is 0 Å². The Labute approximate surface area is 252 Å². The van der Waals surface area contributed by atoms with Crippen LogP contribution in [0.5, 0.6) is 5.75 Å². The van der Waals surface area contributed by atoms with Gasteiger partial charge in [0.1, 0.15) is 18.3 Å². The van der Waals surface area contributed by atoms with Crippen molar-refractivity contribution in [1.82, 2.24) is 10.2 Å². The first-order valence-electron chi connectivity index (χ1n) is 12.9. The molecule has 0 unspecified atom stereocenters. The number of amides is 2. The van der Waals surface area contributed by atoms with Crippen molar-refractivity contribution >= 4 is 50.7 Å². The average molecular weight is 621 g/mol. The minimum atomic E-state index is -3.96. The number of hydrogen-bond acceptors (Lipinski definition) is 5. The van der Waals surface area contributed by atoms with Crippen molar-refractivity contribution in [2.45, 2.75) is 45.3 Å². The van der Waals surface area contributed by atoms with Crippen molar-refractivity contribution in [1.29, 1.82) is 0 Å². The molecular formula is C30H35Cl2N3O5S. The number of benzene rings is 3. The lowest BCUT2D eigenvalue weighted by Gasteiger charge is -2.35. The first-order valence-corrected chi connectivity index (χ1v) is 15.5. The molecule has 3 aromatic carbocycles. The summed E-state index contributed by atoms with van der Waals surface area (Å²) < 4.78 is 32.1. The van der Waals surface area contributed by atoms with Crippen LogP contribution in [0, 0.1) is 0 Å². The molecule has 0 aliphatic carbocycles. The molecule has 0 fully saturated rings. The van der Waals surface area contributed by atoms with Gasteiger partial charge in [0.25, 0.3) is 0 Å². The first kappa shape index (κ1) is 32.2. The van der Waals surface area contributed by atoms with E-state index in [1.165, 1.54) is 30.2 Å². The summed E-state index contributed by atoms with van der Waals surface area (Å²) >= 11 is 12.4. The van der Waals surface area contributed by atoms with E-state index in [2.05, 4.69) is 5.32 Å². The summed E-state index contributed by atoms with van der Waals surface area (Å²) in [5.74, 6) is -0.373. The Morgan fingerprint density at radius 3 is 2.20 bits per heavy atom. The number of nitrogens with one attached hydrogen (secondary N) is 1. The molecule has 0 spiro atoms. The number of hydrogen-bond donors (Lipinski definition) is 1. The summed E-state index contributed by atoms with van der Waals surface area (Å²) in [6.45, 7) is 5.00. The summed E-state index contributed by atoms with van der Waals surface area (Å²) in [4.78, 5) is 29.3. The molecule has 0 saturated carbocycles. The molecule has 2 amide bonds. The normalized spacial score (nSPS) is 12.4. The van der Waals surface area contributed by atoms with E-state index in [1.807, 2.05) is 57.2 Å². The summed E-state index contributed by atoms with van der Waals surface area (Å²) in [5.41, 5.74) is 1.07. The van der Waals surface area contributed by atoms with Crippen LogP contribution in [-0.4, -0.2) is 56.6 Å². The van der Waals surface area contributed by atoms with Crippen molar-refractivity contribution in [3.05, 3.63) is 94.0 Å². The zero-order valence-corrected chi connectivity index (χ0v) is 26.1. The quantitative estimate of drug-likeness (QED) is 0.313. The zero-order valence-electron chi connectivity index (χ0n) is 23.7. The second-order valence-electron chi connectivity index (χ2n) is 10.7. The van der Waals surface area contributed by atoms with Crippen LogP contribution < -0.4 is 14.4 Å². The van der Waals surface area contributed by atoms with Crippen LogP contribution in [0.1, 0.15) is 31.9 Å². The number of sulfonamides is 1. The first-order chi connectivity index (χ1) is 19.2. The SMILES string of the molecule is COc1cccc(CN(C(=O)CN(c2ccc(Cl)cc2Cl)S(C)(=O)=O)[C@H](Cc2ccccc2)C(=O)NC(C)(C)C)c1. The molecule has 0 aliphatic rings. The Morgan fingerprint density at radius 2 is 1.61 bits per heavy atom. The van der Waals surface area contributed by atoms with Gasteiger partial charge in [0.2, 0.25) is 21.8 Å². The second-order valence-corrected chi connectivity index (χ2v) is 13.4. The topological polar surface area (TPSA) is 96.0 Å². The van der Waals surface area contributed by atoms with E-state index >= 15 is 0 Å². The lowest BCUT2D eigenvalue weighted by molar-refractivity contribution is -0.140. The van der Waals surface area contributed by atoms with Gasteiger partial charge in [-0.2, -0.15) is 0 Å². The van der Waals surface area contributed by atoms with Crippen molar-refractivity contribution < 1.29 is 22.7 Å². The summed E-state index contributed by atoms with van der Waals surface area (Å²) in [5, 5.41) is 3.38. The molecule has 41 heavy (non-hydrogen) atoms. The minimum absolute atomic E-state index is 0.0248. The van der Waals surface area contributed by atoms with E-state index in [0.29, 0.717) is 16.3 Å². The molecule has 0 aromatic heterocycles. The maximum absolute atomic E-state index is 14.2. The predicted molar refractivity (Wildman–Crippen MR) is 164 cm³/mol. The Morgan fingerprint density at radius 1 is 0.951 bits per heavy atom. The Kier molecular flexibility index (Phi) is 10.7. The molecule has 0 radical (unpaired) electrons. The standard InChI is InChI=1S/C30H35Cl2N3O5S/c1-30(2,3)33-29(37)27(17-21-10-7-6-8-11-21)34(19-22-12-9-13-24(16-22)40-4)28(36)20-35(41(5,38)39)26-15-14-23(31)18-25(26)32/h6-16,18,27H,17,19-20H2,1-5H3,(H,33,37)/t27-/m1/s1. The van der Waals surface area contributed by atoms with Crippen molar-refractivity contribution in [2.75, 3.05) is 24.2 Å². The molecule has 3 rings (SSSR count). The predicted octanol–water partition coefficient (Wildman–Crippen LogP) is 5.32. The number of nitrogens with zero attached hydrogens (tertiary/aromatic N) is 2. The summed E-state index contributed by atoms with van der Waals surface area (Å²) in [6, 6.07) is 19.9. The van der Waals surface area contributed by atoms with Gasteiger partial charge in [0, 0.05) is 23.5 Å². The molecule has 0 heterocycles. The van der Waals surface area contributed by atoms with Crippen LogP contribution in [0.4, 0.5) is 5.69 Å². The summed E-state index contributed by atoms with van der Waals surface area (Å²) in [6.07, 6.45) is 1.20. The molecular weight excluding hydrogens is 585 g/mol. The van der Waals surface area contributed by atoms with Gasteiger partial charge in [-0.1, -0.05) is 65.7 Å². The number of methoxy groups -OCH3 is 1. The van der Waals surface area contributed by atoms with E-state index in [9.17, 15) is 18.0 Å². The van der Waals surface area contributed by atoms with Crippen LogP contribution in [0.3, 0.4) is 0 Å². The number of anilines is 1. The fourth-order valence-electron chi connectivity index (χ4n) is 4.25. The van der Waals surface area contributed by atoms with E-state index in [-0.39, 0.29) is 29.6 Å². The van der Waals surface area contributed by atoms with Crippen LogP contribution in [0.25, 0.3) is 0 Å². The van der Waals surface area contributed by atoms with Crippen LogP contribution >= 0.6 is 23.2 Å². The molecule has 220 valence electrons. The number of carbonyl (C=O) groups excluding carboxylic acids is 2. The Balaban J connectivity index is 2.11. The van der Waals surface area contributed by atoms with Gasteiger partial charge in [-0.3, -0.25) is 13.9 Å². The van der Waals surface area contributed by atoms with E-state index < -0.39 is 34.1 Å². The molecule has 8 nitrogen and oxygen atoms in total. The number of ether oxygens (including phenoxy) is 1. The highest BCUT2D eigenvalue weighted by molar-refractivity contribution is 7.92. The Hall–Kier alpha value is -3.27. The smallest absolute Gasteiger partial charge is 0.244 e. The third kappa shape index (κ3) is 9.38. The van der Waals surface area contributed by atoms with Gasteiger partial charge >= 0.3 is 0 Å². The average Bonchev–Trinajstić information content (AvgIpc) is 2.88. The van der Waals surface area contributed by atoms with Crippen LogP contribution in [-0.2, 0) is 32.6 Å². The summed E-state index contributed by atoms with van der Waals surface area (Å²) in [7, 11) is -2.42. The van der Waals surface area contributed by atoms with E-state index in [0.717, 1.165) is 16.1 Å². The number of halogens is 2. The Bertz CT molecular complexity index is 1480. The fourth-order valence-corrected chi connectivity index (χ4v) is 5.67. The maximum atomic E-state index is 14.2. The van der Waals surface area contributed by atoms with E-state index in [4.69, 9.17) is 27.9 Å². The minimum Gasteiger partial charge on any atom is -0.497 e. The van der Waals surface area contributed by atoms with Crippen LogP contribution in [0.15, 0.2) is 72.8 Å². The highest BCUT2D eigenvalue weighted by Crippen LogP contribution is 2.31. The molecule has 0 bridgehead atoms. The lowest BCUT2D eigenvalue weighted by Crippen LogP contribution is -2.56. The van der Waals surface area contributed by atoms with Gasteiger partial charge in [-0.25, -0.2) is 8.42 Å².